The third-order valence-corrected chi connectivity index (χ3v) is 3.93. The number of nitrogens with one attached hydrogen (secondary N) is 1. The maximum absolute atomic E-state index is 5.45. The van der Waals surface area contributed by atoms with Crippen LogP contribution in [0.15, 0.2) is 29.9 Å². The average Bonchev–Trinajstić information content (AvgIpc) is 2.88. The molecule has 0 amide bonds. The van der Waals surface area contributed by atoms with Crippen LogP contribution in [-0.2, 0) is 0 Å². The summed E-state index contributed by atoms with van der Waals surface area (Å²) in [4.78, 5) is 5.51. The number of nitrogens with zero attached hydrogens (tertiary/aromatic N) is 1. The first-order chi connectivity index (χ1) is 9.26. The Bertz CT molecular complexity index is 524. The molecule has 0 saturated heterocycles. The van der Waals surface area contributed by atoms with Crippen LogP contribution in [-0.4, -0.2) is 18.6 Å². The molecular formula is C15H20N2OS. The van der Waals surface area contributed by atoms with Gasteiger partial charge in [-0.15, -0.1) is 11.3 Å². The first-order valence-electron chi connectivity index (χ1n) is 6.52. The van der Waals surface area contributed by atoms with E-state index >= 15 is 0 Å². The van der Waals surface area contributed by atoms with Gasteiger partial charge >= 0.3 is 0 Å². The lowest BCUT2D eigenvalue weighted by Gasteiger charge is -2.19. The smallest absolute Gasteiger partial charge is 0.134 e. The predicted molar refractivity (Wildman–Crippen MR) is 80.0 cm³/mol. The van der Waals surface area contributed by atoms with Crippen molar-refractivity contribution in [2.75, 3.05) is 13.7 Å². The van der Waals surface area contributed by atoms with Crippen molar-refractivity contribution in [3.05, 3.63) is 45.9 Å². The van der Waals surface area contributed by atoms with Gasteiger partial charge in [-0.05, 0) is 42.5 Å². The van der Waals surface area contributed by atoms with Gasteiger partial charge in [0.05, 0.1) is 18.0 Å². The van der Waals surface area contributed by atoms with Crippen molar-refractivity contribution in [2.24, 2.45) is 0 Å². The Morgan fingerprint density at radius 1 is 1.42 bits per heavy atom. The fourth-order valence-corrected chi connectivity index (χ4v) is 3.04. The van der Waals surface area contributed by atoms with Crippen LogP contribution in [0.4, 0.5) is 0 Å². The first-order valence-corrected chi connectivity index (χ1v) is 7.40. The number of rotatable bonds is 6. The molecule has 3 nitrogen and oxygen atoms in total. The van der Waals surface area contributed by atoms with Gasteiger partial charge in [0.25, 0.3) is 0 Å². The highest BCUT2D eigenvalue weighted by Gasteiger charge is 2.19. The Morgan fingerprint density at radius 3 is 2.95 bits per heavy atom. The van der Waals surface area contributed by atoms with Gasteiger partial charge in [0.15, 0.2) is 0 Å². The second-order valence-corrected chi connectivity index (χ2v) is 5.48. The minimum atomic E-state index is 0.155. The van der Waals surface area contributed by atoms with E-state index < -0.39 is 0 Å². The molecule has 2 aromatic rings. The van der Waals surface area contributed by atoms with E-state index in [2.05, 4.69) is 35.6 Å². The zero-order valence-electron chi connectivity index (χ0n) is 11.6. The van der Waals surface area contributed by atoms with Gasteiger partial charge in [-0.2, -0.15) is 0 Å². The van der Waals surface area contributed by atoms with Gasteiger partial charge in [0.2, 0.25) is 0 Å². The Hall–Kier alpha value is -1.39. The molecule has 0 aromatic carbocycles. The van der Waals surface area contributed by atoms with Crippen molar-refractivity contribution in [1.82, 2.24) is 10.3 Å². The van der Waals surface area contributed by atoms with E-state index in [-0.39, 0.29) is 6.04 Å². The lowest BCUT2D eigenvalue weighted by Crippen LogP contribution is -2.23. The predicted octanol–water partition coefficient (Wildman–Crippen LogP) is 3.55. The second kappa shape index (κ2) is 6.68. The highest BCUT2D eigenvalue weighted by atomic mass is 32.1. The van der Waals surface area contributed by atoms with E-state index in [1.807, 2.05) is 18.5 Å². The third kappa shape index (κ3) is 3.33. The van der Waals surface area contributed by atoms with E-state index in [1.165, 1.54) is 16.0 Å². The summed E-state index contributed by atoms with van der Waals surface area (Å²) >= 11 is 1.72. The summed E-state index contributed by atoms with van der Waals surface area (Å²) in [6.45, 7) is 5.21. The Labute approximate surface area is 118 Å². The summed E-state index contributed by atoms with van der Waals surface area (Å²) in [5.41, 5.74) is 2.37. The van der Waals surface area contributed by atoms with E-state index in [0.717, 1.165) is 18.7 Å². The molecule has 0 aliphatic heterocycles. The molecule has 0 aliphatic rings. The lowest BCUT2D eigenvalue weighted by molar-refractivity contribution is 0.407. The number of aryl methyl sites for hydroxylation is 1. The van der Waals surface area contributed by atoms with Crippen molar-refractivity contribution >= 4 is 11.3 Å². The topological polar surface area (TPSA) is 34.2 Å². The molecule has 2 heterocycles. The minimum absolute atomic E-state index is 0.155. The van der Waals surface area contributed by atoms with Crippen molar-refractivity contribution in [3.8, 4) is 5.75 Å². The number of hydrogen-bond acceptors (Lipinski definition) is 4. The number of hydrogen-bond donors (Lipinski definition) is 1. The Morgan fingerprint density at radius 2 is 2.26 bits per heavy atom. The van der Waals surface area contributed by atoms with Gasteiger partial charge < -0.3 is 10.1 Å². The monoisotopic (exact) mass is 276 g/mol. The molecule has 0 fully saturated rings. The van der Waals surface area contributed by atoms with Crippen LogP contribution < -0.4 is 10.1 Å². The van der Waals surface area contributed by atoms with Gasteiger partial charge in [-0.25, -0.2) is 0 Å². The summed E-state index contributed by atoms with van der Waals surface area (Å²) in [7, 11) is 1.72. The third-order valence-electron chi connectivity index (χ3n) is 2.97. The van der Waals surface area contributed by atoms with Crippen molar-refractivity contribution in [1.29, 1.82) is 0 Å². The standard InChI is InChI=1S/C15H20N2OS/c1-4-6-17-14(12-8-11(2)9-16-10-12)15-13(18-3)5-7-19-15/h5,7-10,14,17H,4,6H2,1-3H3. The highest BCUT2D eigenvalue weighted by molar-refractivity contribution is 7.10. The van der Waals surface area contributed by atoms with Crippen LogP contribution in [0, 0.1) is 6.92 Å². The zero-order chi connectivity index (χ0) is 13.7. The Kier molecular flexibility index (Phi) is 4.93. The molecule has 2 aromatic heterocycles. The molecule has 1 N–H and O–H groups in total. The summed E-state index contributed by atoms with van der Waals surface area (Å²) in [5.74, 6) is 0.945. The molecule has 1 atom stereocenters. The van der Waals surface area contributed by atoms with E-state index in [9.17, 15) is 0 Å². The van der Waals surface area contributed by atoms with Gasteiger partial charge in [0, 0.05) is 12.4 Å². The number of aromatic nitrogens is 1. The van der Waals surface area contributed by atoms with Crippen molar-refractivity contribution < 1.29 is 4.74 Å². The lowest BCUT2D eigenvalue weighted by atomic mass is 10.1. The number of thiophene rings is 1. The largest absolute Gasteiger partial charge is 0.496 e. The fourth-order valence-electron chi connectivity index (χ4n) is 2.08. The molecule has 0 saturated carbocycles. The maximum atomic E-state index is 5.45. The molecule has 19 heavy (non-hydrogen) atoms. The molecule has 4 heteroatoms. The van der Waals surface area contributed by atoms with Crippen LogP contribution in [0.5, 0.6) is 5.75 Å². The van der Waals surface area contributed by atoms with Crippen LogP contribution in [0.3, 0.4) is 0 Å². The number of ether oxygens (including phenoxy) is 1. The quantitative estimate of drug-likeness (QED) is 0.876. The molecule has 1 unspecified atom stereocenters. The molecular weight excluding hydrogens is 256 g/mol. The molecule has 0 aliphatic carbocycles. The maximum Gasteiger partial charge on any atom is 0.134 e. The number of pyridine rings is 1. The first kappa shape index (κ1) is 14.0. The highest BCUT2D eigenvalue weighted by Crippen LogP contribution is 2.34. The minimum Gasteiger partial charge on any atom is -0.496 e. The molecule has 102 valence electrons. The number of methoxy groups -OCH3 is 1. The van der Waals surface area contributed by atoms with Crippen LogP contribution in [0.1, 0.15) is 35.4 Å². The van der Waals surface area contributed by atoms with Gasteiger partial charge in [0.1, 0.15) is 5.75 Å². The SMILES string of the molecule is CCCNC(c1cncc(C)c1)c1sccc1OC. The van der Waals surface area contributed by atoms with Gasteiger partial charge in [-0.1, -0.05) is 13.0 Å². The van der Waals surface area contributed by atoms with E-state index in [0.29, 0.717) is 0 Å². The Balaban J connectivity index is 2.35. The van der Waals surface area contributed by atoms with Crippen molar-refractivity contribution in [3.63, 3.8) is 0 Å². The molecule has 2 rings (SSSR count). The van der Waals surface area contributed by atoms with Gasteiger partial charge in [-0.3, -0.25) is 4.98 Å². The van der Waals surface area contributed by atoms with E-state index in [4.69, 9.17) is 4.74 Å². The average molecular weight is 276 g/mol. The van der Waals surface area contributed by atoms with Crippen molar-refractivity contribution in [2.45, 2.75) is 26.3 Å². The summed E-state index contributed by atoms with van der Waals surface area (Å²) < 4.78 is 5.45. The van der Waals surface area contributed by atoms with E-state index in [1.54, 1.807) is 18.4 Å². The molecule has 0 radical (unpaired) electrons. The zero-order valence-corrected chi connectivity index (χ0v) is 12.5. The van der Waals surface area contributed by atoms with Crippen LogP contribution >= 0.6 is 11.3 Å². The fraction of sp³-hybridized carbons (Fsp3) is 0.400. The molecule has 0 spiro atoms. The summed E-state index contributed by atoms with van der Waals surface area (Å²) in [6.07, 6.45) is 4.91. The molecule has 0 bridgehead atoms. The van der Waals surface area contributed by atoms with Crippen LogP contribution in [0.2, 0.25) is 0 Å². The summed E-state index contributed by atoms with van der Waals surface area (Å²) in [6, 6.07) is 4.35. The normalized spacial score (nSPS) is 12.4. The second-order valence-electron chi connectivity index (χ2n) is 4.54. The van der Waals surface area contributed by atoms with Crippen LogP contribution in [0.25, 0.3) is 0 Å². The summed E-state index contributed by atoms with van der Waals surface area (Å²) in [5, 5.41) is 5.65.